The molecule has 0 atom stereocenters. The zero-order valence-electron chi connectivity index (χ0n) is 8.16. The molecule has 1 saturated carbocycles. The fraction of sp³-hybridized carbons (Fsp3) is 0.455. The highest BCUT2D eigenvalue weighted by atomic mass is 16.2. The minimum atomic E-state index is -0.196. The smallest absolute Gasteiger partial charge is 0.237 e. The van der Waals surface area contributed by atoms with Crippen LogP contribution in [0.1, 0.15) is 24.8 Å². The Morgan fingerprint density at radius 3 is 2.93 bits per heavy atom. The van der Waals surface area contributed by atoms with E-state index in [4.69, 9.17) is 0 Å². The third-order valence-electron chi connectivity index (χ3n) is 3.60. The molecule has 3 heteroatoms. The minimum absolute atomic E-state index is 0.196. The van der Waals surface area contributed by atoms with E-state index in [1.54, 1.807) is 11.1 Å². The van der Waals surface area contributed by atoms with E-state index in [1.807, 2.05) is 19.3 Å². The van der Waals surface area contributed by atoms with Gasteiger partial charge in [0, 0.05) is 25.0 Å². The normalized spacial score (nSPS) is 22.4. The predicted molar refractivity (Wildman–Crippen MR) is 53.2 cm³/mol. The Balaban J connectivity index is 2.23. The average molecular weight is 188 g/mol. The summed E-state index contributed by atoms with van der Waals surface area (Å²) in [5.41, 5.74) is 1.99. The summed E-state index contributed by atoms with van der Waals surface area (Å²) in [6, 6.07) is 1.93. The van der Waals surface area contributed by atoms with E-state index in [9.17, 15) is 4.79 Å². The first-order valence-corrected chi connectivity index (χ1v) is 4.98. The molecule has 0 saturated heterocycles. The van der Waals surface area contributed by atoms with Crippen LogP contribution in [0.15, 0.2) is 18.5 Å². The number of anilines is 1. The SMILES string of the molecule is CN1C(=O)C2(CCC2)c2cnccc21. The monoisotopic (exact) mass is 188 g/mol. The zero-order valence-corrected chi connectivity index (χ0v) is 8.16. The summed E-state index contributed by atoms with van der Waals surface area (Å²) in [6.07, 6.45) is 6.76. The van der Waals surface area contributed by atoms with Crippen molar-refractivity contribution < 1.29 is 4.79 Å². The lowest BCUT2D eigenvalue weighted by molar-refractivity contribution is -0.125. The molecular weight excluding hydrogens is 176 g/mol. The third kappa shape index (κ3) is 0.694. The molecule has 2 aliphatic rings. The van der Waals surface area contributed by atoms with E-state index >= 15 is 0 Å². The second-order valence-corrected chi connectivity index (χ2v) is 4.19. The molecule has 1 spiro atoms. The summed E-state index contributed by atoms with van der Waals surface area (Å²) in [5, 5.41) is 0. The molecule has 0 unspecified atom stereocenters. The van der Waals surface area contributed by atoms with Gasteiger partial charge in [-0.15, -0.1) is 0 Å². The molecule has 1 fully saturated rings. The van der Waals surface area contributed by atoms with Gasteiger partial charge in [0.1, 0.15) is 0 Å². The Kier molecular flexibility index (Phi) is 1.34. The quantitative estimate of drug-likeness (QED) is 0.618. The first kappa shape index (κ1) is 7.97. The van der Waals surface area contributed by atoms with Crippen LogP contribution in [0.5, 0.6) is 0 Å². The number of carbonyl (C=O) groups excluding carboxylic acids is 1. The molecule has 1 aromatic rings. The van der Waals surface area contributed by atoms with E-state index < -0.39 is 0 Å². The Labute approximate surface area is 82.8 Å². The highest BCUT2D eigenvalue weighted by Crippen LogP contribution is 2.52. The summed E-state index contributed by atoms with van der Waals surface area (Å²) < 4.78 is 0. The first-order valence-electron chi connectivity index (χ1n) is 4.98. The number of rotatable bonds is 0. The molecule has 0 aromatic carbocycles. The van der Waals surface area contributed by atoms with Crippen LogP contribution >= 0.6 is 0 Å². The maximum absolute atomic E-state index is 12.1. The number of hydrogen-bond donors (Lipinski definition) is 0. The summed E-state index contributed by atoms with van der Waals surface area (Å²) >= 11 is 0. The summed E-state index contributed by atoms with van der Waals surface area (Å²) in [7, 11) is 1.86. The number of carbonyl (C=O) groups is 1. The summed E-state index contributed by atoms with van der Waals surface area (Å²) in [6.45, 7) is 0. The molecule has 1 aromatic heterocycles. The van der Waals surface area contributed by atoms with Gasteiger partial charge in [-0.3, -0.25) is 9.78 Å². The maximum Gasteiger partial charge on any atom is 0.237 e. The summed E-state index contributed by atoms with van der Waals surface area (Å²) in [4.78, 5) is 18.0. The largest absolute Gasteiger partial charge is 0.314 e. The van der Waals surface area contributed by atoms with Gasteiger partial charge in [0.2, 0.25) is 5.91 Å². The van der Waals surface area contributed by atoms with E-state index in [2.05, 4.69) is 4.98 Å². The molecule has 1 amide bonds. The van der Waals surface area contributed by atoms with Crippen LogP contribution in [-0.2, 0) is 10.2 Å². The number of nitrogens with zero attached hydrogens (tertiary/aromatic N) is 2. The van der Waals surface area contributed by atoms with Crippen molar-refractivity contribution in [2.45, 2.75) is 24.7 Å². The van der Waals surface area contributed by atoms with Gasteiger partial charge < -0.3 is 4.90 Å². The lowest BCUT2D eigenvalue weighted by atomic mass is 9.65. The minimum Gasteiger partial charge on any atom is -0.314 e. The number of amides is 1. The second-order valence-electron chi connectivity index (χ2n) is 4.19. The van der Waals surface area contributed by atoms with Crippen molar-refractivity contribution >= 4 is 11.6 Å². The standard InChI is InChI=1S/C11H12N2O/c1-13-9-3-6-12-7-8(9)11(10(13)14)4-2-5-11/h3,6-7H,2,4-5H2,1H3. The fourth-order valence-electron chi connectivity index (χ4n) is 2.61. The Morgan fingerprint density at radius 2 is 2.29 bits per heavy atom. The first-order chi connectivity index (χ1) is 6.76. The second kappa shape index (κ2) is 2.35. The van der Waals surface area contributed by atoms with Gasteiger partial charge in [-0.2, -0.15) is 0 Å². The molecule has 0 radical (unpaired) electrons. The van der Waals surface area contributed by atoms with Crippen LogP contribution in [0, 0.1) is 0 Å². The van der Waals surface area contributed by atoms with Crippen molar-refractivity contribution in [3.05, 3.63) is 24.0 Å². The molecule has 0 N–H and O–H groups in total. The molecule has 0 bridgehead atoms. The highest BCUT2D eigenvalue weighted by molar-refractivity contribution is 6.08. The third-order valence-corrected chi connectivity index (χ3v) is 3.60. The van der Waals surface area contributed by atoms with Crippen molar-refractivity contribution in [2.24, 2.45) is 0 Å². The lowest BCUT2D eigenvalue weighted by Crippen LogP contribution is -2.43. The van der Waals surface area contributed by atoms with Gasteiger partial charge in [0.25, 0.3) is 0 Å². The van der Waals surface area contributed by atoms with Crippen molar-refractivity contribution in [3.8, 4) is 0 Å². The van der Waals surface area contributed by atoms with Crippen molar-refractivity contribution in [1.82, 2.24) is 4.98 Å². The van der Waals surface area contributed by atoms with Crippen LogP contribution in [0.25, 0.3) is 0 Å². The van der Waals surface area contributed by atoms with Gasteiger partial charge in [-0.05, 0) is 18.9 Å². The number of fused-ring (bicyclic) bond motifs is 2. The van der Waals surface area contributed by atoms with E-state index in [0.29, 0.717) is 0 Å². The molecule has 14 heavy (non-hydrogen) atoms. The maximum atomic E-state index is 12.1. The lowest BCUT2D eigenvalue weighted by Gasteiger charge is -2.36. The van der Waals surface area contributed by atoms with Crippen molar-refractivity contribution in [2.75, 3.05) is 11.9 Å². The van der Waals surface area contributed by atoms with Crippen LogP contribution < -0.4 is 4.90 Å². The van der Waals surface area contributed by atoms with Gasteiger partial charge >= 0.3 is 0 Å². The molecule has 72 valence electrons. The van der Waals surface area contributed by atoms with Gasteiger partial charge in [0.15, 0.2) is 0 Å². The summed E-state index contributed by atoms with van der Waals surface area (Å²) in [5.74, 6) is 0.256. The van der Waals surface area contributed by atoms with Crippen LogP contribution in [0.2, 0.25) is 0 Å². The van der Waals surface area contributed by atoms with Crippen LogP contribution in [0.4, 0.5) is 5.69 Å². The van der Waals surface area contributed by atoms with Crippen molar-refractivity contribution in [1.29, 1.82) is 0 Å². The molecule has 2 heterocycles. The Bertz CT molecular complexity index is 410. The van der Waals surface area contributed by atoms with Gasteiger partial charge in [-0.25, -0.2) is 0 Å². The highest BCUT2D eigenvalue weighted by Gasteiger charge is 2.53. The van der Waals surface area contributed by atoms with E-state index in [-0.39, 0.29) is 11.3 Å². The Morgan fingerprint density at radius 1 is 1.50 bits per heavy atom. The molecular formula is C11H12N2O. The number of pyridine rings is 1. The molecule has 3 rings (SSSR count). The van der Waals surface area contributed by atoms with Crippen LogP contribution in [-0.4, -0.2) is 17.9 Å². The molecule has 3 nitrogen and oxygen atoms in total. The number of hydrogen-bond acceptors (Lipinski definition) is 2. The van der Waals surface area contributed by atoms with Gasteiger partial charge in [0.05, 0.1) is 11.1 Å². The predicted octanol–water partition coefficient (Wildman–Crippen LogP) is 1.48. The topological polar surface area (TPSA) is 33.2 Å². The van der Waals surface area contributed by atoms with Crippen LogP contribution in [0.3, 0.4) is 0 Å². The fourth-order valence-corrected chi connectivity index (χ4v) is 2.61. The van der Waals surface area contributed by atoms with E-state index in [0.717, 1.165) is 30.5 Å². The van der Waals surface area contributed by atoms with Crippen molar-refractivity contribution in [3.63, 3.8) is 0 Å². The number of likely N-dealkylation sites (N-methyl/N-ethyl adjacent to an activating group) is 1. The number of aromatic nitrogens is 1. The van der Waals surface area contributed by atoms with E-state index in [1.165, 1.54) is 0 Å². The molecule has 1 aliphatic heterocycles. The zero-order chi connectivity index (χ0) is 9.76. The molecule has 1 aliphatic carbocycles. The average Bonchev–Trinajstić information content (AvgIpc) is 2.37. The van der Waals surface area contributed by atoms with Gasteiger partial charge in [-0.1, -0.05) is 6.42 Å². The Hall–Kier alpha value is -1.38.